The molecule has 1 aliphatic heterocycles. The maximum atomic E-state index is 5.05. The second kappa shape index (κ2) is 3.20. The molecule has 0 radical (unpaired) electrons. The van der Waals surface area contributed by atoms with E-state index in [1.807, 2.05) is 0 Å². The second-order valence-electron chi connectivity index (χ2n) is 2.10. The molecule has 0 aromatic rings. The van der Waals surface area contributed by atoms with Gasteiger partial charge in [-0.05, 0) is 6.42 Å². The van der Waals surface area contributed by atoms with Gasteiger partial charge < -0.3 is 4.84 Å². The molecule has 1 aliphatic rings. The highest BCUT2D eigenvalue weighted by molar-refractivity contribution is 9.09. The van der Waals surface area contributed by atoms with E-state index >= 15 is 0 Å². The molecule has 0 fully saturated rings. The van der Waals surface area contributed by atoms with Crippen molar-refractivity contribution in [3.63, 3.8) is 0 Å². The van der Waals surface area contributed by atoms with Crippen LogP contribution in [0.1, 0.15) is 19.8 Å². The first kappa shape index (κ1) is 7.06. The van der Waals surface area contributed by atoms with Gasteiger partial charge in [0.05, 0.1) is 5.71 Å². The fourth-order valence-electron chi connectivity index (χ4n) is 0.778. The van der Waals surface area contributed by atoms with Gasteiger partial charge >= 0.3 is 0 Å². The Bertz CT molecular complexity index is 124. The van der Waals surface area contributed by atoms with Crippen LogP contribution < -0.4 is 0 Å². The maximum Gasteiger partial charge on any atom is 0.142 e. The van der Waals surface area contributed by atoms with Gasteiger partial charge in [0, 0.05) is 11.8 Å². The number of rotatable bonds is 2. The van der Waals surface area contributed by atoms with Crippen LogP contribution in [-0.4, -0.2) is 17.1 Å². The van der Waals surface area contributed by atoms with E-state index < -0.39 is 0 Å². The van der Waals surface area contributed by atoms with Crippen molar-refractivity contribution < 1.29 is 4.84 Å². The Morgan fingerprint density at radius 3 is 3.00 bits per heavy atom. The Morgan fingerprint density at radius 1 is 1.89 bits per heavy atom. The van der Waals surface area contributed by atoms with Crippen LogP contribution in [-0.2, 0) is 4.84 Å². The Labute approximate surface area is 63.4 Å². The molecule has 1 unspecified atom stereocenters. The van der Waals surface area contributed by atoms with Gasteiger partial charge in [-0.25, -0.2) is 0 Å². The number of hydrogen-bond donors (Lipinski definition) is 0. The molecule has 0 aromatic heterocycles. The van der Waals surface area contributed by atoms with Crippen LogP contribution in [0.4, 0.5) is 0 Å². The summed E-state index contributed by atoms with van der Waals surface area (Å²) in [5.41, 5.74) is 1.18. The highest BCUT2D eigenvalue weighted by Crippen LogP contribution is 2.13. The topological polar surface area (TPSA) is 21.6 Å². The molecular formula is C6H10BrNO. The van der Waals surface area contributed by atoms with Crippen molar-refractivity contribution in [2.45, 2.75) is 25.9 Å². The van der Waals surface area contributed by atoms with Gasteiger partial charge in [-0.2, -0.15) is 0 Å². The lowest BCUT2D eigenvalue weighted by molar-refractivity contribution is 0.104. The average molecular weight is 192 g/mol. The zero-order chi connectivity index (χ0) is 6.69. The van der Waals surface area contributed by atoms with Crippen molar-refractivity contribution >= 4 is 21.6 Å². The highest BCUT2D eigenvalue weighted by Gasteiger charge is 2.17. The summed E-state index contributed by atoms with van der Waals surface area (Å²) in [6.07, 6.45) is 2.31. The number of alkyl halides is 1. The van der Waals surface area contributed by atoms with E-state index in [0.29, 0.717) is 6.10 Å². The van der Waals surface area contributed by atoms with Crippen molar-refractivity contribution in [1.29, 1.82) is 0 Å². The third-order valence-corrected chi connectivity index (χ3v) is 2.10. The third kappa shape index (κ3) is 1.68. The standard InChI is InChI=1S/C6H10BrNO/c1-2-5-3-6(4-7)9-8-5/h6H,2-4H2,1H3. The first-order chi connectivity index (χ1) is 4.36. The molecule has 0 saturated heterocycles. The molecule has 1 atom stereocenters. The second-order valence-corrected chi connectivity index (χ2v) is 2.74. The van der Waals surface area contributed by atoms with Crippen molar-refractivity contribution in [2.24, 2.45) is 5.16 Å². The van der Waals surface area contributed by atoms with E-state index in [-0.39, 0.29) is 0 Å². The van der Waals surface area contributed by atoms with E-state index in [0.717, 1.165) is 18.2 Å². The number of nitrogens with zero attached hydrogens (tertiary/aromatic N) is 1. The molecule has 2 nitrogen and oxygen atoms in total. The monoisotopic (exact) mass is 191 g/mol. The van der Waals surface area contributed by atoms with Gasteiger partial charge in [-0.15, -0.1) is 0 Å². The lowest BCUT2D eigenvalue weighted by atomic mass is 10.2. The summed E-state index contributed by atoms with van der Waals surface area (Å²) >= 11 is 3.33. The summed E-state index contributed by atoms with van der Waals surface area (Å²) in [5.74, 6) is 0. The third-order valence-electron chi connectivity index (χ3n) is 1.37. The van der Waals surface area contributed by atoms with Crippen LogP contribution in [0.3, 0.4) is 0 Å². The molecule has 0 aliphatic carbocycles. The zero-order valence-corrected chi connectivity index (χ0v) is 7.02. The smallest absolute Gasteiger partial charge is 0.142 e. The first-order valence-corrected chi connectivity index (χ1v) is 4.26. The number of halogens is 1. The molecule has 0 saturated carbocycles. The SMILES string of the molecule is CCC1=NOC(CBr)C1. The van der Waals surface area contributed by atoms with Gasteiger partial charge in [0.25, 0.3) is 0 Å². The Morgan fingerprint density at radius 2 is 2.67 bits per heavy atom. The lowest BCUT2D eigenvalue weighted by Gasteiger charge is -1.99. The fourth-order valence-corrected chi connectivity index (χ4v) is 1.13. The molecular weight excluding hydrogens is 182 g/mol. The van der Waals surface area contributed by atoms with Gasteiger partial charge in [-0.1, -0.05) is 28.0 Å². The molecule has 0 amide bonds. The van der Waals surface area contributed by atoms with Gasteiger partial charge in [0.1, 0.15) is 6.10 Å². The molecule has 0 bridgehead atoms. The van der Waals surface area contributed by atoms with Gasteiger partial charge in [-0.3, -0.25) is 0 Å². The summed E-state index contributed by atoms with van der Waals surface area (Å²) in [6, 6.07) is 0. The molecule has 52 valence electrons. The average Bonchev–Trinajstić information content (AvgIpc) is 2.34. The highest BCUT2D eigenvalue weighted by atomic mass is 79.9. The van der Waals surface area contributed by atoms with Crippen LogP contribution in [0.5, 0.6) is 0 Å². The predicted molar refractivity (Wildman–Crippen MR) is 41.0 cm³/mol. The number of oxime groups is 1. The molecule has 0 spiro atoms. The molecule has 1 heterocycles. The first-order valence-electron chi connectivity index (χ1n) is 3.14. The minimum absolute atomic E-state index is 0.292. The summed E-state index contributed by atoms with van der Waals surface area (Å²) in [4.78, 5) is 5.05. The molecule has 0 aromatic carbocycles. The summed E-state index contributed by atoms with van der Waals surface area (Å²) in [7, 11) is 0. The quantitative estimate of drug-likeness (QED) is 0.612. The Hall–Kier alpha value is -0.0500. The predicted octanol–water partition coefficient (Wildman–Crippen LogP) is 1.94. The molecule has 1 rings (SSSR count). The van der Waals surface area contributed by atoms with E-state index in [9.17, 15) is 0 Å². The van der Waals surface area contributed by atoms with Crippen LogP contribution in [0.25, 0.3) is 0 Å². The van der Waals surface area contributed by atoms with Crippen molar-refractivity contribution in [2.75, 3.05) is 5.33 Å². The minimum atomic E-state index is 0.292. The summed E-state index contributed by atoms with van der Waals surface area (Å²) in [6.45, 7) is 2.10. The van der Waals surface area contributed by atoms with Crippen LogP contribution in [0, 0.1) is 0 Å². The normalized spacial score (nSPS) is 25.6. The molecule has 3 heteroatoms. The van der Waals surface area contributed by atoms with Crippen molar-refractivity contribution in [3.05, 3.63) is 0 Å². The van der Waals surface area contributed by atoms with Gasteiger partial charge in [0.2, 0.25) is 0 Å². The van der Waals surface area contributed by atoms with E-state index in [1.165, 1.54) is 5.71 Å². The summed E-state index contributed by atoms with van der Waals surface area (Å²) in [5, 5.41) is 4.78. The van der Waals surface area contributed by atoms with E-state index in [1.54, 1.807) is 0 Å². The fraction of sp³-hybridized carbons (Fsp3) is 0.833. The largest absolute Gasteiger partial charge is 0.391 e. The Kier molecular flexibility index (Phi) is 2.51. The van der Waals surface area contributed by atoms with Crippen LogP contribution in [0.15, 0.2) is 5.16 Å². The van der Waals surface area contributed by atoms with E-state index in [2.05, 4.69) is 28.0 Å². The zero-order valence-electron chi connectivity index (χ0n) is 5.43. The van der Waals surface area contributed by atoms with Crippen molar-refractivity contribution in [1.82, 2.24) is 0 Å². The Balaban J connectivity index is 2.31. The molecule has 9 heavy (non-hydrogen) atoms. The summed E-state index contributed by atoms with van der Waals surface area (Å²) < 4.78 is 0. The lowest BCUT2D eigenvalue weighted by Crippen LogP contribution is -2.07. The number of hydrogen-bond acceptors (Lipinski definition) is 2. The van der Waals surface area contributed by atoms with Gasteiger partial charge in [0.15, 0.2) is 0 Å². The minimum Gasteiger partial charge on any atom is -0.391 e. The van der Waals surface area contributed by atoms with E-state index in [4.69, 9.17) is 4.84 Å². The van der Waals surface area contributed by atoms with Crippen LogP contribution in [0.2, 0.25) is 0 Å². The maximum absolute atomic E-state index is 5.05. The molecule has 0 N–H and O–H groups in total. The van der Waals surface area contributed by atoms with Crippen LogP contribution >= 0.6 is 15.9 Å². The van der Waals surface area contributed by atoms with Crippen molar-refractivity contribution in [3.8, 4) is 0 Å².